The predicted molar refractivity (Wildman–Crippen MR) is 130 cm³/mol. The Bertz CT molecular complexity index is 1110. The van der Waals surface area contributed by atoms with Gasteiger partial charge in [0.05, 0.1) is 18.3 Å². The summed E-state index contributed by atoms with van der Waals surface area (Å²) >= 11 is 0. The number of fused-ring (bicyclic) bond motifs is 1. The summed E-state index contributed by atoms with van der Waals surface area (Å²) in [7, 11) is 0. The first-order chi connectivity index (χ1) is 15.7. The van der Waals surface area contributed by atoms with Crippen molar-refractivity contribution in [2.75, 3.05) is 17.2 Å². The smallest absolute Gasteiger partial charge is 0.308 e. The lowest BCUT2D eigenvalue weighted by molar-refractivity contribution is -0.131. The van der Waals surface area contributed by atoms with Gasteiger partial charge in [-0.05, 0) is 43.9 Å². The Balaban J connectivity index is 2.04. The van der Waals surface area contributed by atoms with Gasteiger partial charge in [-0.2, -0.15) is 10.1 Å². The van der Waals surface area contributed by atoms with Crippen molar-refractivity contribution in [3.05, 3.63) is 35.5 Å². The molecular formula is C24H34N6O3. The summed E-state index contributed by atoms with van der Waals surface area (Å²) in [4.78, 5) is 20.8. The number of aliphatic hydroxyl groups is 1. The Morgan fingerprint density at radius 2 is 1.97 bits per heavy atom. The van der Waals surface area contributed by atoms with Crippen LogP contribution in [0, 0.1) is 0 Å². The van der Waals surface area contributed by atoms with E-state index in [1.54, 1.807) is 6.07 Å². The number of hydrogen-bond donors (Lipinski definition) is 3. The summed E-state index contributed by atoms with van der Waals surface area (Å²) in [5, 5.41) is 21.2. The van der Waals surface area contributed by atoms with Crippen LogP contribution in [0.2, 0.25) is 0 Å². The van der Waals surface area contributed by atoms with Crippen LogP contribution < -0.4 is 15.4 Å². The zero-order chi connectivity index (χ0) is 24.1. The molecule has 9 nitrogen and oxygen atoms in total. The van der Waals surface area contributed by atoms with Crippen molar-refractivity contribution < 1.29 is 14.6 Å². The molecule has 0 bridgehead atoms. The van der Waals surface area contributed by atoms with Crippen LogP contribution in [0.15, 0.2) is 24.3 Å². The third-order valence-corrected chi connectivity index (χ3v) is 5.27. The molecule has 2 aromatic heterocycles. The maximum Gasteiger partial charge on any atom is 0.308 e. The molecule has 1 aromatic carbocycles. The Kier molecular flexibility index (Phi) is 7.86. The molecule has 9 heteroatoms. The molecule has 3 N–H and O–H groups in total. The lowest BCUT2D eigenvalue weighted by Crippen LogP contribution is -2.24. The number of nitrogens with one attached hydrogen (secondary N) is 2. The van der Waals surface area contributed by atoms with Crippen molar-refractivity contribution in [2.24, 2.45) is 0 Å². The number of rotatable bonds is 10. The van der Waals surface area contributed by atoms with Crippen molar-refractivity contribution >= 4 is 28.8 Å². The van der Waals surface area contributed by atoms with E-state index in [4.69, 9.17) is 19.8 Å². The maximum absolute atomic E-state index is 11.3. The van der Waals surface area contributed by atoms with E-state index in [1.165, 1.54) is 6.92 Å². The number of esters is 1. The first-order valence-corrected chi connectivity index (χ1v) is 11.4. The Hall–Kier alpha value is -3.20. The molecule has 0 fully saturated rings. The topological polar surface area (TPSA) is 114 Å². The fourth-order valence-electron chi connectivity index (χ4n) is 3.54. The summed E-state index contributed by atoms with van der Waals surface area (Å²) in [6, 6.07) is 7.35. The molecular weight excluding hydrogens is 420 g/mol. The number of carbonyl (C=O) groups is 1. The number of ether oxygens (including phenoxy) is 1. The highest BCUT2D eigenvalue weighted by molar-refractivity contribution is 5.89. The first kappa shape index (κ1) is 24.4. The quantitative estimate of drug-likeness (QED) is 0.308. The summed E-state index contributed by atoms with van der Waals surface area (Å²) < 4.78 is 7.16. The van der Waals surface area contributed by atoms with Gasteiger partial charge in [0.15, 0.2) is 5.82 Å². The van der Waals surface area contributed by atoms with Crippen LogP contribution in [-0.2, 0) is 11.3 Å². The Morgan fingerprint density at radius 3 is 2.58 bits per heavy atom. The number of aromatic nitrogens is 4. The van der Waals surface area contributed by atoms with Gasteiger partial charge in [0.1, 0.15) is 16.8 Å². The summed E-state index contributed by atoms with van der Waals surface area (Å²) in [5.41, 5.74) is 3.48. The van der Waals surface area contributed by atoms with Crippen LogP contribution in [-0.4, -0.2) is 43.5 Å². The average molecular weight is 455 g/mol. The highest BCUT2D eigenvalue weighted by Crippen LogP contribution is 2.31. The standard InChI is InChI=1S/C24H34N6O3/c1-7-18(13-31)26-24-27-21-20(14(2)3)29-30(15(4)5)22(21)23(28-24)25-12-17-9-8-10-19(11-17)33-16(6)32/h8-11,14-15,18,31H,7,12-13H2,1-6H3,(H2,25,26,27,28). The largest absolute Gasteiger partial charge is 0.427 e. The first-order valence-electron chi connectivity index (χ1n) is 11.4. The van der Waals surface area contributed by atoms with Crippen LogP contribution in [0.1, 0.15) is 71.2 Å². The number of carbonyl (C=O) groups excluding carboxylic acids is 1. The van der Waals surface area contributed by atoms with E-state index in [9.17, 15) is 9.90 Å². The third kappa shape index (κ3) is 5.78. The molecule has 0 saturated carbocycles. The minimum atomic E-state index is -0.357. The van der Waals surface area contributed by atoms with Gasteiger partial charge in [-0.25, -0.2) is 4.98 Å². The van der Waals surface area contributed by atoms with Gasteiger partial charge in [-0.3, -0.25) is 9.48 Å². The third-order valence-electron chi connectivity index (χ3n) is 5.27. The van der Waals surface area contributed by atoms with E-state index >= 15 is 0 Å². The highest BCUT2D eigenvalue weighted by Gasteiger charge is 2.22. The predicted octanol–water partition coefficient (Wildman–Crippen LogP) is 4.25. The molecule has 1 unspecified atom stereocenters. The molecule has 0 saturated heterocycles. The van der Waals surface area contributed by atoms with Gasteiger partial charge in [0, 0.05) is 19.5 Å². The fraction of sp³-hybridized carbons (Fsp3) is 0.500. The number of anilines is 2. The molecule has 178 valence electrons. The number of hydrogen-bond acceptors (Lipinski definition) is 8. The van der Waals surface area contributed by atoms with Crippen LogP contribution in [0.4, 0.5) is 11.8 Å². The number of nitrogens with zero attached hydrogens (tertiary/aromatic N) is 4. The molecule has 0 aliphatic heterocycles. The Morgan fingerprint density at radius 1 is 1.21 bits per heavy atom. The van der Waals surface area contributed by atoms with Crippen LogP contribution in [0.3, 0.4) is 0 Å². The van der Waals surface area contributed by atoms with Gasteiger partial charge in [-0.15, -0.1) is 0 Å². The average Bonchev–Trinajstić information content (AvgIpc) is 3.16. The number of aliphatic hydroxyl groups excluding tert-OH is 1. The molecule has 33 heavy (non-hydrogen) atoms. The summed E-state index contributed by atoms with van der Waals surface area (Å²) in [6.07, 6.45) is 0.742. The molecule has 3 aromatic rings. The van der Waals surface area contributed by atoms with Gasteiger partial charge >= 0.3 is 5.97 Å². The fourth-order valence-corrected chi connectivity index (χ4v) is 3.54. The normalized spacial score (nSPS) is 12.4. The van der Waals surface area contributed by atoms with E-state index in [0.29, 0.717) is 24.1 Å². The van der Waals surface area contributed by atoms with Crippen LogP contribution >= 0.6 is 0 Å². The second kappa shape index (κ2) is 10.6. The lowest BCUT2D eigenvalue weighted by atomic mass is 10.1. The SMILES string of the molecule is CCC(CO)Nc1nc(NCc2cccc(OC(C)=O)c2)c2c(n1)c(C(C)C)nn2C(C)C. The molecule has 0 spiro atoms. The van der Waals surface area contributed by atoms with Gasteiger partial charge in [0.2, 0.25) is 5.95 Å². The molecule has 0 amide bonds. The monoisotopic (exact) mass is 454 g/mol. The molecule has 0 radical (unpaired) electrons. The zero-order valence-corrected chi connectivity index (χ0v) is 20.2. The lowest BCUT2D eigenvalue weighted by Gasteiger charge is -2.17. The second-order valence-corrected chi connectivity index (χ2v) is 8.70. The van der Waals surface area contributed by atoms with Crippen molar-refractivity contribution in [3.63, 3.8) is 0 Å². The summed E-state index contributed by atoms with van der Waals surface area (Å²) in [5.74, 6) is 1.43. The number of benzene rings is 1. The zero-order valence-electron chi connectivity index (χ0n) is 20.2. The van der Waals surface area contributed by atoms with Crippen molar-refractivity contribution in [3.8, 4) is 5.75 Å². The van der Waals surface area contributed by atoms with E-state index in [1.807, 2.05) is 29.8 Å². The van der Waals surface area contributed by atoms with Crippen molar-refractivity contribution in [1.29, 1.82) is 0 Å². The highest BCUT2D eigenvalue weighted by atomic mass is 16.5. The summed E-state index contributed by atoms with van der Waals surface area (Å²) in [6.45, 7) is 12.2. The molecule has 0 aliphatic rings. The van der Waals surface area contributed by atoms with Gasteiger partial charge < -0.3 is 20.5 Å². The van der Waals surface area contributed by atoms with E-state index in [-0.39, 0.29) is 30.6 Å². The van der Waals surface area contributed by atoms with Crippen LogP contribution in [0.25, 0.3) is 11.0 Å². The molecule has 3 rings (SSSR count). The molecule has 2 heterocycles. The maximum atomic E-state index is 11.3. The molecule has 1 atom stereocenters. The van der Waals surface area contributed by atoms with Gasteiger partial charge in [-0.1, -0.05) is 32.9 Å². The van der Waals surface area contributed by atoms with Gasteiger partial charge in [0.25, 0.3) is 0 Å². The second-order valence-electron chi connectivity index (χ2n) is 8.70. The van der Waals surface area contributed by atoms with E-state index in [2.05, 4.69) is 38.3 Å². The van der Waals surface area contributed by atoms with E-state index in [0.717, 1.165) is 28.7 Å². The Labute approximate surface area is 194 Å². The van der Waals surface area contributed by atoms with Crippen molar-refractivity contribution in [2.45, 2.75) is 72.5 Å². The molecule has 0 aliphatic carbocycles. The van der Waals surface area contributed by atoms with Crippen molar-refractivity contribution in [1.82, 2.24) is 19.7 Å². The van der Waals surface area contributed by atoms with E-state index < -0.39 is 0 Å². The van der Waals surface area contributed by atoms with Crippen LogP contribution in [0.5, 0.6) is 5.75 Å². The minimum absolute atomic E-state index is 0.00804. The minimum Gasteiger partial charge on any atom is -0.427 e.